The smallest absolute Gasteiger partial charge is 0.253 e. The molecule has 0 spiro atoms. The minimum absolute atomic E-state index is 0.150. The van der Waals surface area contributed by atoms with Crippen LogP contribution in [0.25, 0.3) is 10.9 Å². The van der Waals surface area contributed by atoms with Gasteiger partial charge in [-0.1, -0.05) is 67.6 Å². The van der Waals surface area contributed by atoms with Crippen LogP contribution >= 0.6 is 0 Å². The highest BCUT2D eigenvalue weighted by Gasteiger charge is 2.34. The maximum atomic E-state index is 13.9. The molecule has 8 heteroatoms. The summed E-state index contributed by atoms with van der Waals surface area (Å²) >= 11 is 0. The van der Waals surface area contributed by atoms with E-state index in [9.17, 15) is 4.79 Å². The van der Waals surface area contributed by atoms with Gasteiger partial charge in [0.1, 0.15) is 11.8 Å². The van der Waals surface area contributed by atoms with Crippen molar-refractivity contribution in [3.05, 3.63) is 117 Å². The molecule has 0 bridgehead atoms. The molecule has 0 aliphatic carbocycles. The Labute approximate surface area is 234 Å². The first-order chi connectivity index (χ1) is 19.3. The Balaban J connectivity index is 1.73. The third-order valence-corrected chi connectivity index (χ3v) is 7.73. The van der Waals surface area contributed by atoms with Gasteiger partial charge in [0, 0.05) is 18.7 Å². The second kappa shape index (κ2) is 11.4. The number of ether oxygens (including phenoxy) is 1. The van der Waals surface area contributed by atoms with Gasteiger partial charge in [0.2, 0.25) is 0 Å². The number of para-hydroxylation sites is 1. The second-order valence-electron chi connectivity index (χ2n) is 10.8. The minimum atomic E-state index is -0.517. The number of aromatic nitrogens is 5. The molecule has 8 nitrogen and oxygen atoms in total. The molecule has 0 radical (unpaired) electrons. The number of pyridine rings is 1. The van der Waals surface area contributed by atoms with E-state index < -0.39 is 6.04 Å². The van der Waals surface area contributed by atoms with Gasteiger partial charge >= 0.3 is 0 Å². The van der Waals surface area contributed by atoms with Crippen molar-refractivity contribution >= 4 is 10.9 Å². The van der Waals surface area contributed by atoms with E-state index in [1.54, 1.807) is 7.11 Å². The van der Waals surface area contributed by atoms with Gasteiger partial charge in [-0.05, 0) is 77.9 Å². The first kappa shape index (κ1) is 27.3. The summed E-state index contributed by atoms with van der Waals surface area (Å²) in [7, 11) is 1.66. The summed E-state index contributed by atoms with van der Waals surface area (Å²) in [5.41, 5.74) is 4.18. The van der Waals surface area contributed by atoms with Gasteiger partial charge in [-0.15, -0.1) is 5.10 Å². The fourth-order valence-electron chi connectivity index (χ4n) is 5.07. The SMILES string of the molecule is CCC(C)(C)n1nnnc1[C@@H](c1cc2cccc(C)c2[nH]c1=O)N(Cc1ccccc1)Cc1ccc(OC)cc1. The van der Waals surface area contributed by atoms with Crippen LogP contribution in [0.15, 0.2) is 83.7 Å². The molecule has 3 aromatic carbocycles. The predicted molar refractivity (Wildman–Crippen MR) is 157 cm³/mol. The van der Waals surface area contributed by atoms with Crippen LogP contribution in [0.4, 0.5) is 0 Å². The molecule has 0 amide bonds. The Kier molecular flexibility index (Phi) is 7.80. The topological polar surface area (TPSA) is 88.9 Å². The highest BCUT2D eigenvalue weighted by atomic mass is 16.5. The number of hydrogen-bond acceptors (Lipinski definition) is 6. The second-order valence-corrected chi connectivity index (χ2v) is 10.8. The lowest BCUT2D eigenvalue weighted by Gasteiger charge is -2.33. The van der Waals surface area contributed by atoms with Crippen molar-refractivity contribution in [3.63, 3.8) is 0 Å². The molecule has 0 unspecified atom stereocenters. The van der Waals surface area contributed by atoms with E-state index in [4.69, 9.17) is 4.74 Å². The number of aromatic amines is 1. The van der Waals surface area contributed by atoms with E-state index in [0.717, 1.165) is 39.8 Å². The lowest BCUT2D eigenvalue weighted by molar-refractivity contribution is 0.180. The Morgan fingerprint density at radius 1 is 0.975 bits per heavy atom. The first-order valence-electron chi connectivity index (χ1n) is 13.6. The van der Waals surface area contributed by atoms with Crippen LogP contribution in [0.2, 0.25) is 0 Å². The molecule has 2 aromatic heterocycles. The molecule has 5 aromatic rings. The molecule has 2 heterocycles. The van der Waals surface area contributed by atoms with Gasteiger partial charge in [0.05, 0.1) is 18.2 Å². The molecule has 1 N–H and O–H groups in total. The molecular weight excluding hydrogens is 500 g/mol. The van der Waals surface area contributed by atoms with Gasteiger partial charge in [-0.2, -0.15) is 0 Å². The van der Waals surface area contributed by atoms with Crippen LogP contribution in [0.3, 0.4) is 0 Å². The fraction of sp³-hybridized carbons (Fsp3) is 0.312. The minimum Gasteiger partial charge on any atom is -0.497 e. The zero-order valence-electron chi connectivity index (χ0n) is 23.8. The summed E-state index contributed by atoms with van der Waals surface area (Å²) in [4.78, 5) is 19.3. The number of nitrogens with one attached hydrogen (secondary N) is 1. The monoisotopic (exact) mass is 536 g/mol. The summed E-state index contributed by atoms with van der Waals surface area (Å²) in [5, 5.41) is 14.1. The van der Waals surface area contributed by atoms with Crippen LogP contribution < -0.4 is 10.3 Å². The van der Waals surface area contributed by atoms with Gasteiger partial charge in [0.15, 0.2) is 5.82 Å². The molecule has 0 fully saturated rings. The molecular formula is C32H36N6O2. The van der Waals surface area contributed by atoms with Crippen molar-refractivity contribution in [2.45, 2.75) is 58.8 Å². The van der Waals surface area contributed by atoms with Crippen molar-refractivity contribution in [1.29, 1.82) is 0 Å². The summed E-state index contributed by atoms with van der Waals surface area (Å²) in [5.74, 6) is 1.43. The zero-order valence-corrected chi connectivity index (χ0v) is 23.8. The van der Waals surface area contributed by atoms with Crippen LogP contribution in [0, 0.1) is 6.92 Å². The maximum absolute atomic E-state index is 13.9. The van der Waals surface area contributed by atoms with E-state index in [2.05, 4.69) is 70.4 Å². The van der Waals surface area contributed by atoms with Crippen LogP contribution in [-0.2, 0) is 18.6 Å². The Morgan fingerprint density at radius 3 is 2.35 bits per heavy atom. The molecule has 0 saturated heterocycles. The number of fused-ring (bicyclic) bond motifs is 1. The van der Waals surface area contributed by atoms with Gasteiger partial charge < -0.3 is 9.72 Å². The summed E-state index contributed by atoms with van der Waals surface area (Å²) < 4.78 is 7.27. The number of hydrogen-bond donors (Lipinski definition) is 1. The van der Waals surface area contributed by atoms with E-state index in [0.29, 0.717) is 24.5 Å². The quantitative estimate of drug-likeness (QED) is 0.244. The third-order valence-electron chi connectivity index (χ3n) is 7.73. The number of nitrogens with zero attached hydrogens (tertiary/aromatic N) is 5. The maximum Gasteiger partial charge on any atom is 0.253 e. The highest BCUT2D eigenvalue weighted by molar-refractivity contribution is 5.82. The first-order valence-corrected chi connectivity index (χ1v) is 13.6. The Morgan fingerprint density at radius 2 is 1.68 bits per heavy atom. The lowest BCUT2D eigenvalue weighted by Crippen LogP contribution is -2.38. The van der Waals surface area contributed by atoms with Crippen LogP contribution in [0.1, 0.15) is 61.3 Å². The fourth-order valence-corrected chi connectivity index (χ4v) is 5.07. The van der Waals surface area contributed by atoms with Crippen molar-refractivity contribution in [2.24, 2.45) is 0 Å². The van der Waals surface area contributed by atoms with E-state index in [1.165, 1.54) is 0 Å². The van der Waals surface area contributed by atoms with Crippen molar-refractivity contribution in [3.8, 4) is 5.75 Å². The average Bonchev–Trinajstić information content (AvgIpc) is 3.45. The number of rotatable bonds is 10. The Hall–Kier alpha value is -4.30. The highest BCUT2D eigenvalue weighted by Crippen LogP contribution is 2.33. The van der Waals surface area contributed by atoms with Gasteiger partial charge in [-0.3, -0.25) is 9.69 Å². The van der Waals surface area contributed by atoms with Crippen LogP contribution in [-0.4, -0.2) is 37.2 Å². The normalized spacial score (nSPS) is 12.7. The largest absolute Gasteiger partial charge is 0.497 e. The molecule has 1 atom stereocenters. The van der Waals surface area contributed by atoms with E-state index >= 15 is 0 Å². The van der Waals surface area contributed by atoms with Crippen molar-refractivity contribution in [2.75, 3.05) is 7.11 Å². The van der Waals surface area contributed by atoms with Gasteiger partial charge in [-0.25, -0.2) is 4.68 Å². The summed E-state index contributed by atoms with van der Waals surface area (Å²) in [6.07, 6.45) is 0.822. The number of aryl methyl sites for hydroxylation is 1. The zero-order chi connectivity index (χ0) is 28.3. The predicted octanol–water partition coefficient (Wildman–Crippen LogP) is 5.77. The molecule has 206 valence electrons. The molecule has 5 rings (SSSR count). The van der Waals surface area contributed by atoms with E-state index in [-0.39, 0.29) is 11.1 Å². The number of H-pyrrole nitrogens is 1. The number of benzene rings is 3. The van der Waals surface area contributed by atoms with E-state index in [1.807, 2.05) is 66.2 Å². The summed E-state index contributed by atoms with van der Waals surface area (Å²) in [6.45, 7) is 9.50. The summed E-state index contributed by atoms with van der Waals surface area (Å²) in [6, 6.07) is 25.8. The van der Waals surface area contributed by atoms with Crippen molar-refractivity contribution in [1.82, 2.24) is 30.1 Å². The molecule has 40 heavy (non-hydrogen) atoms. The van der Waals surface area contributed by atoms with Crippen LogP contribution in [0.5, 0.6) is 5.75 Å². The molecule has 0 aliphatic rings. The lowest BCUT2D eigenvalue weighted by atomic mass is 9.98. The number of tetrazole rings is 1. The van der Waals surface area contributed by atoms with Crippen molar-refractivity contribution < 1.29 is 4.74 Å². The number of methoxy groups -OCH3 is 1. The standard InChI is InChI=1S/C32H36N6O2/c1-6-32(3,4)38-30(34-35-36-38)29(27-19-25-14-10-11-22(2)28(25)33-31(27)39)37(20-23-12-8-7-9-13-23)21-24-15-17-26(40-5)18-16-24/h7-19,29H,6,20-21H2,1-5H3,(H,33,39)/t29-/m1/s1. The average molecular weight is 537 g/mol. The molecule has 0 aliphatic heterocycles. The van der Waals surface area contributed by atoms with Gasteiger partial charge in [0.25, 0.3) is 5.56 Å². The molecule has 0 saturated carbocycles. The third kappa shape index (κ3) is 5.53. The Bertz CT molecular complexity index is 1640.